The summed E-state index contributed by atoms with van der Waals surface area (Å²) in [5.74, 6) is -0.350. The summed E-state index contributed by atoms with van der Waals surface area (Å²) in [7, 11) is 0. The highest BCUT2D eigenvalue weighted by molar-refractivity contribution is 5.78. The van der Waals surface area contributed by atoms with Gasteiger partial charge in [0.2, 0.25) is 0 Å². The number of fused-ring (bicyclic) bond motifs is 2. The van der Waals surface area contributed by atoms with Gasteiger partial charge in [-0.3, -0.25) is 9.69 Å². The largest absolute Gasteiger partial charge is 0.462 e. The molecule has 5 atom stereocenters. The van der Waals surface area contributed by atoms with Crippen LogP contribution in [-0.2, 0) is 15.1 Å². The molecule has 2 aliphatic heterocycles. The SMILES string of the molecule is CC(C)[C@@H](NC(=O)N[C@H]1CC[C@H](CCN2[C@@H]3CC[C@H]2CC(OC(=O)C(CO)c2ccccc2)C3)CC1)C(O)(c1ccccc1)c1ccccc1. The number of esters is 1. The van der Waals surface area contributed by atoms with Crippen LogP contribution in [0.4, 0.5) is 4.79 Å². The second kappa shape index (κ2) is 16.5. The van der Waals surface area contributed by atoms with E-state index in [9.17, 15) is 19.8 Å². The molecule has 1 saturated carbocycles. The van der Waals surface area contributed by atoms with Gasteiger partial charge in [-0.05, 0) is 80.0 Å². The lowest BCUT2D eigenvalue weighted by Gasteiger charge is -2.41. The third-order valence-electron chi connectivity index (χ3n) is 11.6. The molecule has 50 heavy (non-hydrogen) atoms. The van der Waals surface area contributed by atoms with E-state index < -0.39 is 17.6 Å². The normalized spacial score (nSPS) is 25.1. The van der Waals surface area contributed by atoms with Crippen molar-refractivity contribution in [2.45, 2.75) is 113 Å². The first-order valence-corrected chi connectivity index (χ1v) is 18.8. The number of nitrogens with zero attached hydrogens (tertiary/aromatic N) is 1. The topological polar surface area (TPSA) is 111 Å². The van der Waals surface area contributed by atoms with Crippen LogP contribution in [0.5, 0.6) is 0 Å². The maximum Gasteiger partial charge on any atom is 0.316 e. The molecule has 0 aromatic heterocycles. The minimum absolute atomic E-state index is 0.0268. The van der Waals surface area contributed by atoms with Gasteiger partial charge in [0.15, 0.2) is 0 Å². The van der Waals surface area contributed by atoms with E-state index in [1.165, 1.54) is 0 Å². The quantitative estimate of drug-likeness (QED) is 0.153. The monoisotopic (exact) mass is 681 g/mol. The van der Waals surface area contributed by atoms with Gasteiger partial charge in [0.1, 0.15) is 17.6 Å². The van der Waals surface area contributed by atoms with Crippen LogP contribution in [0.1, 0.15) is 94.2 Å². The highest BCUT2D eigenvalue weighted by atomic mass is 16.5. The van der Waals surface area contributed by atoms with Crippen molar-refractivity contribution >= 4 is 12.0 Å². The summed E-state index contributed by atoms with van der Waals surface area (Å²) in [5, 5.41) is 28.7. The van der Waals surface area contributed by atoms with E-state index >= 15 is 0 Å². The Kier molecular flexibility index (Phi) is 11.9. The predicted molar refractivity (Wildman–Crippen MR) is 195 cm³/mol. The lowest BCUT2D eigenvalue weighted by molar-refractivity contribution is -0.155. The average Bonchev–Trinajstić information content (AvgIpc) is 3.38. The zero-order valence-corrected chi connectivity index (χ0v) is 29.6. The third kappa shape index (κ3) is 8.25. The molecule has 6 rings (SSSR count). The summed E-state index contributed by atoms with van der Waals surface area (Å²) in [6, 6.07) is 28.9. The summed E-state index contributed by atoms with van der Waals surface area (Å²) in [6.07, 6.45) is 9.14. The second-order valence-electron chi connectivity index (χ2n) is 15.1. The van der Waals surface area contributed by atoms with Crippen LogP contribution < -0.4 is 10.6 Å². The molecule has 268 valence electrons. The molecule has 0 spiro atoms. The third-order valence-corrected chi connectivity index (χ3v) is 11.6. The second-order valence-corrected chi connectivity index (χ2v) is 15.1. The van der Waals surface area contributed by atoms with E-state index in [1.807, 2.05) is 105 Å². The van der Waals surface area contributed by atoms with Crippen molar-refractivity contribution < 1.29 is 24.5 Å². The van der Waals surface area contributed by atoms with Gasteiger partial charge in [-0.2, -0.15) is 0 Å². The summed E-state index contributed by atoms with van der Waals surface area (Å²) < 4.78 is 5.99. The number of benzene rings is 3. The Morgan fingerprint density at radius 2 is 1.36 bits per heavy atom. The van der Waals surface area contributed by atoms with Gasteiger partial charge in [0, 0.05) is 31.0 Å². The Balaban J connectivity index is 0.967. The molecule has 2 bridgehead atoms. The van der Waals surface area contributed by atoms with Crippen molar-refractivity contribution in [3.05, 3.63) is 108 Å². The zero-order valence-electron chi connectivity index (χ0n) is 29.6. The number of amides is 2. The maximum absolute atomic E-state index is 13.5. The molecule has 3 fully saturated rings. The number of rotatable bonds is 13. The summed E-state index contributed by atoms with van der Waals surface area (Å²) in [5.41, 5.74) is 0.917. The fourth-order valence-electron chi connectivity index (χ4n) is 8.89. The van der Waals surface area contributed by atoms with Crippen molar-refractivity contribution in [3.63, 3.8) is 0 Å². The fourth-order valence-corrected chi connectivity index (χ4v) is 8.89. The van der Waals surface area contributed by atoms with Crippen LogP contribution in [0.2, 0.25) is 0 Å². The van der Waals surface area contributed by atoms with Gasteiger partial charge in [-0.15, -0.1) is 0 Å². The van der Waals surface area contributed by atoms with E-state index in [-0.39, 0.29) is 36.7 Å². The van der Waals surface area contributed by atoms with E-state index in [0.717, 1.165) is 81.0 Å². The average molecular weight is 682 g/mol. The Labute approximate surface area is 297 Å². The Bertz CT molecular complexity index is 1460. The molecule has 1 aliphatic carbocycles. The van der Waals surface area contributed by atoms with E-state index in [4.69, 9.17) is 4.74 Å². The highest BCUT2D eigenvalue weighted by Gasteiger charge is 2.44. The number of carbonyl (C=O) groups excluding carboxylic acids is 2. The first-order chi connectivity index (χ1) is 24.3. The predicted octanol–water partition coefficient (Wildman–Crippen LogP) is 6.51. The molecule has 3 aliphatic rings. The first-order valence-electron chi connectivity index (χ1n) is 18.8. The van der Waals surface area contributed by atoms with Crippen molar-refractivity contribution in [2.75, 3.05) is 13.2 Å². The summed E-state index contributed by atoms with van der Waals surface area (Å²) in [4.78, 5) is 29.1. The van der Waals surface area contributed by atoms with Crippen LogP contribution in [0.25, 0.3) is 0 Å². The van der Waals surface area contributed by atoms with Crippen LogP contribution >= 0.6 is 0 Å². The molecule has 2 unspecified atom stereocenters. The number of piperidine rings is 1. The van der Waals surface area contributed by atoms with Crippen molar-refractivity contribution in [1.82, 2.24) is 15.5 Å². The molecular weight excluding hydrogens is 626 g/mol. The van der Waals surface area contributed by atoms with Crippen LogP contribution in [-0.4, -0.2) is 70.5 Å². The van der Waals surface area contributed by atoms with Gasteiger partial charge in [-0.1, -0.05) is 105 Å². The number of ether oxygens (including phenoxy) is 1. The number of carbonyl (C=O) groups is 2. The van der Waals surface area contributed by atoms with Crippen LogP contribution in [0.15, 0.2) is 91.0 Å². The first kappa shape index (κ1) is 36.1. The van der Waals surface area contributed by atoms with E-state index in [1.54, 1.807) is 0 Å². The summed E-state index contributed by atoms with van der Waals surface area (Å²) in [6.45, 7) is 4.89. The molecule has 2 amide bonds. The number of hydrogen-bond acceptors (Lipinski definition) is 6. The van der Waals surface area contributed by atoms with Crippen molar-refractivity contribution in [2.24, 2.45) is 11.8 Å². The molecule has 3 aromatic carbocycles. The van der Waals surface area contributed by atoms with Gasteiger partial charge < -0.3 is 25.6 Å². The highest BCUT2D eigenvalue weighted by Crippen LogP contribution is 2.39. The van der Waals surface area contributed by atoms with Crippen molar-refractivity contribution in [3.8, 4) is 0 Å². The minimum atomic E-state index is -1.38. The Morgan fingerprint density at radius 1 is 0.820 bits per heavy atom. The standard InChI is InChI=1S/C42H55N3O5/c1-29(2)39(42(49,32-14-8-4-9-15-32)33-16-10-5-11-17-33)44-41(48)43-34-20-18-30(19-21-34)24-25-45-35-22-23-36(45)27-37(26-35)50-40(47)38(28-46)31-12-6-3-7-13-31/h3-17,29-30,34-39,46,49H,18-28H2,1-2H3,(H2,43,44,48)/t30-,34-,35-,36+,37?,38?,39-/m1/s1. The number of nitrogens with one attached hydrogen (secondary N) is 2. The molecule has 8 nitrogen and oxygen atoms in total. The van der Waals surface area contributed by atoms with Crippen LogP contribution in [0, 0.1) is 11.8 Å². The van der Waals surface area contributed by atoms with E-state index in [2.05, 4.69) is 15.5 Å². The molecular formula is C42H55N3O5. The minimum Gasteiger partial charge on any atom is -0.462 e. The Hall–Kier alpha value is -3.72. The molecule has 4 N–H and O–H groups in total. The number of aliphatic hydroxyl groups excluding tert-OH is 1. The number of urea groups is 1. The van der Waals surface area contributed by atoms with E-state index in [0.29, 0.717) is 18.0 Å². The Morgan fingerprint density at radius 3 is 1.88 bits per heavy atom. The lowest BCUT2D eigenvalue weighted by Crippen LogP contribution is -2.57. The maximum atomic E-state index is 13.5. The fraction of sp³-hybridized carbons (Fsp3) is 0.524. The molecule has 0 radical (unpaired) electrons. The molecule has 8 heteroatoms. The zero-order chi connectivity index (χ0) is 35.1. The van der Waals surface area contributed by atoms with Crippen LogP contribution in [0.3, 0.4) is 0 Å². The molecule has 2 heterocycles. The lowest BCUT2D eigenvalue weighted by atomic mass is 9.76. The van der Waals surface area contributed by atoms with Gasteiger partial charge in [-0.25, -0.2) is 4.79 Å². The number of aliphatic hydroxyl groups is 2. The summed E-state index contributed by atoms with van der Waals surface area (Å²) >= 11 is 0. The molecule has 3 aromatic rings. The van der Waals surface area contributed by atoms with Gasteiger partial charge >= 0.3 is 12.0 Å². The molecule has 2 saturated heterocycles. The number of hydrogen-bond donors (Lipinski definition) is 4. The van der Waals surface area contributed by atoms with Gasteiger partial charge in [0.05, 0.1) is 12.6 Å². The smallest absolute Gasteiger partial charge is 0.316 e. The van der Waals surface area contributed by atoms with Gasteiger partial charge in [0.25, 0.3) is 0 Å². The van der Waals surface area contributed by atoms with Crippen molar-refractivity contribution in [1.29, 1.82) is 0 Å².